The molecule has 0 heterocycles. The van der Waals surface area contributed by atoms with Crippen LogP contribution in [0.4, 0.5) is 5.69 Å². The Bertz CT molecular complexity index is 1070. The standard InChI is InChI=1S/C27H39N3O5S/c1-6-25(27(32)28-21(3)4)29(20-22-12-9-8-10-13-22)26(31)14-11-19-30(36(5,33)34)23-15-17-24(18-16-23)35-7-2/h8-10,12-13,15-18,21,25H,6-7,11,14,19-20H2,1-5H3,(H,28,32). The molecule has 36 heavy (non-hydrogen) atoms. The Morgan fingerprint density at radius 1 is 1.00 bits per heavy atom. The van der Waals surface area contributed by atoms with Gasteiger partial charge in [-0.2, -0.15) is 0 Å². The minimum Gasteiger partial charge on any atom is -0.494 e. The summed E-state index contributed by atoms with van der Waals surface area (Å²) in [6.45, 7) is 8.50. The number of rotatable bonds is 14. The molecule has 2 amide bonds. The normalized spacial score (nSPS) is 12.2. The molecule has 0 aromatic heterocycles. The molecule has 1 unspecified atom stereocenters. The Labute approximate surface area is 215 Å². The third-order valence-corrected chi connectivity index (χ3v) is 6.79. The van der Waals surface area contributed by atoms with Crippen molar-refractivity contribution in [1.82, 2.24) is 10.2 Å². The van der Waals surface area contributed by atoms with E-state index in [0.717, 1.165) is 11.8 Å². The number of carbonyl (C=O) groups excluding carboxylic acids is 2. The van der Waals surface area contributed by atoms with Gasteiger partial charge in [0.25, 0.3) is 0 Å². The van der Waals surface area contributed by atoms with Crippen LogP contribution in [0.25, 0.3) is 0 Å². The van der Waals surface area contributed by atoms with E-state index in [1.807, 2.05) is 58.0 Å². The van der Waals surface area contributed by atoms with Gasteiger partial charge >= 0.3 is 0 Å². The van der Waals surface area contributed by atoms with Crippen LogP contribution >= 0.6 is 0 Å². The van der Waals surface area contributed by atoms with Gasteiger partial charge in [0.1, 0.15) is 11.8 Å². The Morgan fingerprint density at radius 2 is 1.64 bits per heavy atom. The topological polar surface area (TPSA) is 96.0 Å². The van der Waals surface area contributed by atoms with E-state index >= 15 is 0 Å². The summed E-state index contributed by atoms with van der Waals surface area (Å²) in [5.41, 5.74) is 1.44. The van der Waals surface area contributed by atoms with Gasteiger partial charge in [-0.05, 0) is 63.4 Å². The van der Waals surface area contributed by atoms with Gasteiger partial charge in [0, 0.05) is 25.6 Å². The van der Waals surface area contributed by atoms with Gasteiger partial charge in [0.05, 0.1) is 18.6 Å². The number of hydrogen-bond donors (Lipinski definition) is 1. The summed E-state index contributed by atoms with van der Waals surface area (Å²) in [4.78, 5) is 27.9. The Kier molecular flexibility index (Phi) is 11.2. The highest BCUT2D eigenvalue weighted by Crippen LogP contribution is 2.23. The lowest BCUT2D eigenvalue weighted by Gasteiger charge is -2.31. The monoisotopic (exact) mass is 517 g/mol. The smallest absolute Gasteiger partial charge is 0.243 e. The molecule has 0 aliphatic carbocycles. The SMILES string of the molecule is CCOc1ccc(N(CCCC(=O)N(Cc2ccccc2)C(CC)C(=O)NC(C)C)S(C)(=O)=O)cc1. The average molecular weight is 518 g/mol. The molecule has 0 spiro atoms. The maximum Gasteiger partial charge on any atom is 0.243 e. The highest BCUT2D eigenvalue weighted by Gasteiger charge is 2.29. The lowest BCUT2D eigenvalue weighted by Crippen LogP contribution is -2.50. The van der Waals surface area contributed by atoms with Gasteiger partial charge in [-0.15, -0.1) is 0 Å². The minimum absolute atomic E-state index is 0.0438. The molecule has 1 atom stereocenters. The summed E-state index contributed by atoms with van der Waals surface area (Å²) in [6.07, 6.45) is 2.04. The summed E-state index contributed by atoms with van der Waals surface area (Å²) in [5.74, 6) is 0.278. The van der Waals surface area contributed by atoms with Crippen LogP contribution in [0.1, 0.15) is 52.5 Å². The number of amides is 2. The van der Waals surface area contributed by atoms with E-state index in [1.165, 1.54) is 4.31 Å². The molecular weight excluding hydrogens is 478 g/mol. The van der Waals surface area contributed by atoms with Gasteiger partial charge in [-0.25, -0.2) is 8.42 Å². The molecule has 0 aliphatic heterocycles. The zero-order valence-corrected chi connectivity index (χ0v) is 22.8. The molecule has 0 saturated heterocycles. The first-order valence-corrected chi connectivity index (χ1v) is 14.3. The summed E-state index contributed by atoms with van der Waals surface area (Å²) in [7, 11) is -3.55. The maximum absolute atomic E-state index is 13.4. The zero-order chi connectivity index (χ0) is 26.7. The fourth-order valence-corrected chi connectivity index (χ4v) is 4.92. The van der Waals surface area contributed by atoms with Crippen molar-refractivity contribution in [3.63, 3.8) is 0 Å². The molecule has 2 rings (SSSR count). The first-order chi connectivity index (χ1) is 17.1. The van der Waals surface area contributed by atoms with Crippen LogP contribution in [-0.4, -0.2) is 56.6 Å². The molecule has 0 bridgehead atoms. The number of benzene rings is 2. The van der Waals surface area contributed by atoms with Crippen LogP contribution in [0.3, 0.4) is 0 Å². The fourth-order valence-electron chi connectivity index (χ4n) is 3.96. The van der Waals surface area contributed by atoms with Crippen LogP contribution in [0.2, 0.25) is 0 Å². The number of ether oxygens (including phenoxy) is 1. The minimum atomic E-state index is -3.55. The summed E-state index contributed by atoms with van der Waals surface area (Å²) in [6, 6.07) is 15.7. The van der Waals surface area contributed by atoms with Crippen LogP contribution in [0.15, 0.2) is 54.6 Å². The Hall–Kier alpha value is -3.07. The molecule has 0 radical (unpaired) electrons. The number of anilines is 1. The second-order valence-corrected chi connectivity index (χ2v) is 10.9. The van der Waals surface area contributed by atoms with Crippen molar-refractivity contribution in [3.8, 4) is 5.75 Å². The van der Waals surface area contributed by atoms with Crippen molar-refractivity contribution in [3.05, 3.63) is 60.2 Å². The third-order valence-electron chi connectivity index (χ3n) is 5.60. The number of sulfonamides is 1. The molecule has 0 aliphatic rings. The van der Waals surface area contributed by atoms with Crippen LogP contribution in [-0.2, 0) is 26.2 Å². The van der Waals surface area contributed by atoms with Gasteiger partial charge in [0.2, 0.25) is 21.8 Å². The number of carbonyl (C=O) groups is 2. The van der Waals surface area contributed by atoms with Crippen LogP contribution in [0, 0.1) is 0 Å². The zero-order valence-electron chi connectivity index (χ0n) is 21.9. The number of nitrogens with zero attached hydrogens (tertiary/aromatic N) is 2. The highest BCUT2D eigenvalue weighted by atomic mass is 32.2. The first kappa shape index (κ1) is 29.2. The first-order valence-electron chi connectivity index (χ1n) is 12.4. The van der Waals surface area contributed by atoms with E-state index in [1.54, 1.807) is 29.2 Å². The van der Waals surface area contributed by atoms with E-state index in [-0.39, 0.29) is 30.8 Å². The van der Waals surface area contributed by atoms with E-state index in [4.69, 9.17) is 4.74 Å². The molecule has 2 aromatic carbocycles. The molecule has 0 saturated carbocycles. The van der Waals surface area contributed by atoms with E-state index in [0.29, 0.717) is 37.4 Å². The van der Waals surface area contributed by atoms with Crippen molar-refractivity contribution in [1.29, 1.82) is 0 Å². The quantitative estimate of drug-likeness (QED) is 0.409. The third kappa shape index (κ3) is 8.86. The largest absolute Gasteiger partial charge is 0.494 e. The molecule has 9 heteroatoms. The van der Waals surface area contributed by atoms with E-state index in [9.17, 15) is 18.0 Å². The Balaban J connectivity index is 2.17. The molecule has 8 nitrogen and oxygen atoms in total. The summed E-state index contributed by atoms with van der Waals surface area (Å²) >= 11 is 0. The molecule has 0 fully saturated rings. The van der Waals surface area contributed by atoms with Gasteiger partial charge in [-0.1, -0.05) is 37.3 Å². The second-order valence-electron chi connectivity index (χ2n) is 8.96. The average Bonchev–Trinajstić information content (AvgIpc) is 2.82. The van der Waals surface area contributed by atoms with Crippen molar-refractivity contribution in [2.75, 3.05) is 23.7 Å². The van der Waals surface area contributed by atoms with Crippen LogP contribution < -0.4 is 14.4 Å². The fraction of sp³-hybridized carbons (Fsp3) is 0.481. The highest BCUT2D eigenvalue weighted by molar-refractivity contribution is 7.92. The Morgan fingerprint density at radius 3 is 2.17 bits per heavy atom. The van der Waals surface area contributed by atoms with Crippen molar-refractivity contribution >= 4 is 27.5 Å². The lowest BCUT2D eigenvalue weighted by molar-refractivity contribution is -0.141. The molecule has 1 N–H and O–H groups in total. The van der Waals surface area contributed by atoms with Gasteiger partial charge < -0.3 is 15.0 Å². The van der Waals surface area contributed by atoms with Crippen molar-refractivity contribution in [2.45, 2.75) is 65.6 Å². The van der Waals surface area contributed by atoms with Gasteiger partial charge in [-0.3, -0.25) is 13.9 Å². The molecular formula is C27H39N3O5S. The molecule has 2 aromatic rings. The number of nitrogens with one attached hydrogen (secondary N) is 1. The predicted molar refractivity (Wildman–Crippen MR) is 143 cm³/mol. The van der Waals surface area contributed by atoms with E-state index in [2.05, 4.69) is 5.32 Å². The summed E-state index contributed by atoms with van der Waals surface area (Å²) in [5, 5.41) is 2.91. The second kappa shape index (κ2) is 13.9. The van der Waals surface area contributed by atoms with Crippen molar-refractivity contribution in [2.24, 2.45) is 0 Å². The molecule has 198 valence electrons. The summed E-state index contributed by atoms with van der Waals surface area (Å²) < 4.78 is 31.7. The van der Waals surface area contributed by atoms with Gasteiger partial charge in [0.15, 0.2) is 0 Å². The van der Waals surface area contributed by atoms with Crippen molar-refractivity contribution < 1.29 is 22.7 Å². The maximum atomic E-state index is 13.4. The van der Waals surface area contributed by atoms with E-state index < -0.39 is 16.1 Å². The lowest BCUT2D eigenvalue weighted by atomic mass is 10.1. The predicted octanol–water partition coefficient (Wildman–Crippen LogP) is 3.96. The van der Waals surface area contributed by atoms with Crippen LogP contribution in [0.5, 0.6) is 5.75 Å². The number of hydrogen-bond acceptors (Lipinski definition) is 5.